The molecule has 8 heteroatoms. The highest BCUT2D eigenvalue weighted by Crippen LogP contribution is 2.44. The molecule has 0 aromatic heterocycles. The fourth-order valence-corrected chi connectivity index (χ4v) is 4.75. The quantitative estimate of drug-likeness (QED) is 0.568. The van der Waals surface area contributed by atoms with Gasteiger partial charge in [-0.3, -0.25) is 14.5 Å². The molecule has 1 atom stereocenters. The van der Waals surface area contributed by atoms with E-state index >= 15 is 0 Å². The minimum Gasteiger partial charge on any atom is -0.460 e. The van der Waals surface area contributed by atoms with Gasteiger partial charge in [-0.25, -0.2) is 4.79 Å². The number of hydrogen-bond acceptors (Lipinski definition) is 6. The number of morpholine rings is 1. The van der Waals surface area contributed by atoms with Gasteiger partial charge in [-0.15, -0.1) is 0 Å². The molecule has 8 nitrogen and oxygen atoms in total. The van der Waals surface area contributed by atoms with Crippen molar-refractivity contribution in [3.05, 3.63) is 59.7 Å². The van der Waals surface area contributed by atoms with E-state index in [9.17, 15) is 14.4 Å². The number of hydrogen-bond donors (Lipinski definition) is 0. The molecule has 1 fully saturated rings. The van der Waals surface area contributed by atoms with Gasteiger partial charge in [-0.1, -0.05) is 48.5 Å². The Morgan fingerprint density at radius 1 is 1.00 bits per heavy atom. The van der Waals surface area contributed by atoms with Gasteiger partial charge < -0.3 is 19.1 Å². The third-order valence-corrected chi connectivity index (χ3v) is 6.48. The predicted molar refractivity (Wildman–Crippen MR) is 134 cm³/mol. The molecule has 4 rings (SSSR count). The van der Waals surface area contributed by atoms with Crippen molar-refractivity contribution in [2.45, 2.75) is 44.8 Å². The Morgan fingerprint density at radius 3 is 2.11 bits per heavy atom. The maximum absolute atomic E-state index is 13.3. The van der Waals surface area contributed by atoms with Crippen LogP contribution in [0.5, 0.6) is 0 Å². The minimum absolute atomic E-state index is 0.103. The summed E-state index contributed by atoms with van der Waals surface area (Å²) in [5, 5.41) is 0. The molecule has 1 aliphatic heterocycles. The molecular weight excluding hydrogens is 460 g/mol. The van der Waals surface area contributed by atoms with Crippen LogP contribution < -0.4 is 0 Å². The summed E-state index contributed by atoms with van der Waals surface area (Å²) in [4.78, 5) is 42.0. The van der Waals surface area contributed by atoms with Crippen molar-refractivity contribution in [3.8, 4) is 11.1 Å². The first-order chi connectivity index (χ1) is 17.2. The zero-order valence-corrected chi connectivity index (χ0v) is 21.4. The molecule has 0 saturated carbocycles. The summed E-state index contributed by atoms with van der Waals surface area (Å²) in [7, 11) is 1.49. The number of ether oxygens (including phenoxy) is 3. The number of likely N-dealkylation sites (N-methyl/N-ethyl adjacent to an activating group) is 1. The molecule has 0 N–H and O–H groups in total. The van der Waals surface area contributed by atoms with Gasteiger partial charge in [0.25, 0.3) is 0 Å². The molecule has 2 aromatic rings. The summed E-state index contributed by atoms with van der Waals surface area (Å²) in [6.07, 6.45) is -0.916. The molecule has 0 spiro atoms. The molecular formula is C28H34N2O6. The number of benzene rings is 2. The lowest BCUT2D eigenvalue weighted by atomic mass is 9.98. The summed E-state index contributed by atoms with van der Waals surface area (Å²) >= 11 is 0. The lowest BCUT2D eigenvalue weighted by Crippen LogP contribution is -2.53. The van der Waals surface area contributed by atoms with Gasteiger partial charge in [0, 0.05) is 26.1 Å². The van der Waals surface area contributed by atoms with E-state index in [1.807, 2.05) is 36.4 Å². The highest BCUT2D eigenvalue weighted by atomic mass is 16.6. The third kappa shape index (κ3) is 5.70. The van der Waals surface area contributed by atoms with Gasteiger partial charge in [0.2, 0.25) is 5.91 Å². The molecule has 0 unspecified atom stereocenters. The maximum atomic E-state index is 13.3. The number of esters is 1. The summed E-state index contributed by atoms with van der Waals surface area (Å²) < 4.78 is 16.5. The zero-order valence-electron chi connectivity index (χ0n) is 21.4. The van der Waals surface area contributed by atoms with Crippen molar-refractivity contribution in [2.75, 3.05) is 40.0 Å². The van der Waals surface area contributed by atoms with Crippen LogP contribution in [0.25, 0.3) is 11.1 Å². The van der Waals surface area contributed by atoms with Crippen LogP contribution >= 0.6 is 0 Å². The van der Waals surface area contributed by atoms with Gasteiger partial charge in [0.15, 0.2) is 0 Å². The second-order valence-corrected chi connectivity index (χ2v) is 10.2. The highest BCUT2D eigenvalue weighted by molar-refractivity contribution is 5.90. The van der Waals surface area contributed by atoms with Crippen LogP contribution in [-0.2, 0) is 23.8 Å². The number of fused-ring (bicyclic) bond motifs is 3. The topological polar surface area (TPSA) is 85.4 Å². The standard InChI is InChI=1S/C28H34N2O6/c1-28(2,3)36-25(31)17-24(26(32)30-13-15-34-16-14-30)29(4)27(33)35-18-23-21-11-7-5-9-19(21)20-10-6-8-12-22(20)23/h5-12,23-24H,13-18H2,1-4H3/t24-/m0/s1. The second kappa shape index (κ2) is 10.7. The first-order valence-corrected chi connectivity index (χ1v) is 12.3. The van der Waals surface area contributed by atoms with Crippen molar-refractivity contribution in [2.24, 2.45) is 0 Å². The highest BCUT2D eigenvalue weighted by Gasteiger charge is 2.36. The van der Waals surface area contributed by atoms with Crippen LogP contribution in [0.15, 0.2) is 48.5 Å². The average Bonchev–Trinajstić information content (AvgIpc) is 3.18. The predicted octanol–water partition coefficient (Wildman–Crippen LogP) is 3.83. The maximum Gasteiger partial charge on any atom is 0.410 e. The molecule has 1 saturated heterocycles. The van der Waals surface area contributed by atoms with Crippen LogP contribution in [0.3, 0.4) is 0 Å². The van der Waals surface area contributed by atoms with Crippen molar-refractivity contribution in [3.63, 3.8) is 0 Å². The molecule has 2 aromatic carbocycles. The van der Waals surface area contributed by atoms with Crippen molar-refractivity contribution in [1.29, 1.82) is 0 Å². The van der Waals surface area contributed by atoms with Gasteiger partial charge in [-0.05, 0) is 43.0 Å². The molecule has 0 bridgehead atoms. The molecule has 192 valence electrons. The minimum atomic E-state index is -1.03. The molecule has 36 heavy (non-hydrogen) atoms. The average molecular weight is 495 g/mol. The summed E-state index contributed by atoms with van der Waals surface area (Å²) in [6.45, 7) is 7.06. The first kappa shape index (κ1) is 25.7. The lowest BCUT2D eigenvalue weighted by Gasteiger charge is -2.34. The Morgan fingerprint density at radius 2 is 1.56 bits per heavy atom. The number of carbonyl (C=O) groups excluding carboxylic acids is 3. The van der Waals surface area contributed by atoms with Crippen molar-refractivity contribution >= 4 is 18.0 Å². The van der Waals surface area contributed by atoms with Gasteiger partial charge in [0.05, 0.1) is 19.6 Å². The molecule has 0 radical (unpaired) electrons. The van der Waals surface area contributed by atoms with E-state index < -0.39 is 23.7 Å². The summed E-state index contributed by atoms with van der Waals surface area (Å²) in [5.41, 5.74) is 3.76. The van der Waals surface area contributed by atoms with Crippen LogP contribution in [0, 0.1) is 0 Å². The molecule has 2 amide bonds. The summed E-state index contributed by atoms with van der Waals surface area (Å²) in [5.74, 6) is -0.971. The number of nitrogens with zero attached hydrogens (tertiary/aromatic N) is 2. The Bertz CT molecular complexity index is 1070. The fourth-order valence-electron chi connectivity index (χ4n) is 4.75. The third-order valence-electron chi connectivity index (χ3n) is 6.48. The largest absolute Gasteiger partial charge is 0.460 e. The second-order valence-electron chi connectivity index (χ2n) is 10.2. The Hall–Kier alpha value is -3.39. The lowest BCUT2D eigenvalue weighted by molar-refractivity contribution is -0.159. The molecule has 1 heterocycles. The Labute approximate surface area is 212 Å². The Balaban J connectivity index is 1.49. The molecule has 1 aliphatic carbocycles. The number of carbonyl (C=O) groups is 3. The van der Waals surface area contributed by atoms with Crippen LogP contribution in [0.4, 0.5) is 4.79 Å². The van der Waals surface area contributed by atoms with Crippen LogP contribution in [-0.4, -0.2) is 79.4 Å². The fraction of sp³-hybridized carbons (Fsp3) is 0.464. The normalized spacial score (nSPS) is 16.1. The van der Waals surface area contributed by atoms with Gasteiger partial charge in [-0.2, -0.15) is 0 Å². The molecule has 2 aliphatic rings. The van der Waals surface area contributed by atoms with E-state index in [-0.39, 0.29) is 24.9 Å². The Kier molecular flexibility index (Phi) is 7.64. The van der Waals surface area contributed by atoms with Gasteiger partial charge >= 0.3 is 12.1 Å². The summed E-state index contributed by atoms with van der Waals surface area (Å²) in [6, 6.07) is 15.1. The van der Waals surface area contributed by atoms with Gasteiger partial charge in [0.1, 0.15) is 18.2 Å². The number of rotatable bonds is 6. The van der Waals surface area contributed by atoms with Crippen LogP contribution in [0.2, 0.25) is 0 Å². The van der Waals surface area contributed by atoms with Crippen molar-refractivity contribution in [1.82, 2.24) is 9.80 Å². The monoisotopic (exact) mass is 494 g/mol. The number of amides is 2. The van der Waals surface area contributed by atoms with E-state index in [0.717, 1.165) is 22.3 Å². The zero-order chi connectivity index (χ0) is 25.9. The first-order valence-electron chi connectivity index (χ1n) is 12.3. The van der Waals surface area contributed by atoms with E-state index in [0.29, 0.717) is 26.3 Å². The van der Waals surface area contributed by atoms with E-state index in [2.05, 4.69) is 12.1 Å². The smallest absolute Gasteiger partial charge is 0.410 e. The van der Waals surface area contributed by atoms with Crippen molar-refractivity contribution < 1.29 is 28.6 Å². The van der Waals surface area contributed by atoms with E-state index in [4.69, 9.17) is 14.2 Å². The van der Waals surface area contributed by atoms with Crippen LogP contribution in [0.1, 0.15) is 44.2 Å². The van der Waals surface area contributed by atoms with E-state index in [1.165, 1.54) is 11.9 Å². The SMILES string of the molecule is CN(C(=O)OCC1c2ccccc2-c2ccccc21)[C@@H](CC(=O)OC(C)(C)C)C(=O)N1CCOCC1. The van der Waals surface area contributed by atoms with E-state index in [1.54, 1.807) is 25.7 Å².